The predicted molar refractivity (Wildman–Crippen MR) is 60.7 cm³/mol. The van der Waals surface area contributed by atoms with E-state index in [0.717, 1.165) is 6.42 Å². The Morgan fingerprint density at radius 1 is 1.47 bits per heavy atom. The second-order valence-electron chi connectivity index (χ2n) is 3.77. The van der Waals surface area contributed by atoms with Gasteiger partial charge in [-0.1, -0.05) is 12.1 Å². The smallest absolute Gasteiger partial charge is 0.292 e. The molecule has 1 unspecified atom stereocenters. The Hall–Kier alpha value is -1.95. The topological polar surface area (TPSA) is 81.5 Å². The van der Waals surface area contributed by atoms with Crippen LogP contribution in [0.5, 0.6) is 0 Å². The minimum absolute atomic E-state index is 0.112. The number of hydrogen-bond donors (Lipinski definition) is 1. The fourth-order valence-electron chi connectivity index (χ4n) is 1.74. The zero-order valence-corrected chi connectivity index (χ0v) is 9.09. The molecule has 0 bridgehead atoms. The second kappa shape index (κ2) is 4.92. The summed E-state index contributed by atoms with van der Waals surface area (Å²) in [4.78, 5) is 22.0. The van der Waals surface area contributed by atoms with Gasteiger partial charge in [-0.15, -0.1) is 0 Å². The summed E-state index contributed by atoms with van der Waals surface area (Å²) in [5.74, 6) is -0.322. The van der Waals surface area contributed by atoms with Crippen LogP contribution in [0.4, 0.5) is 11.4 Å². The number of nitrogens with zero attached hydrogens (tertiary/aromatic N) is 1. The van der Waals surface area contributed by atoms with Crippen LogP contribution >= 0.6 is 0 Å². The lowest BCUT2D eigenvalue weighted by molar-refractivity contribution is -0.383. The molecule has 0 radical (unpaired) electrons. The Kier molecular flexibility index (Phi) is 3.34. The van der Waals surface area contributed by atoms with Crippen LogP contribution in [0.25, 0.3) is 0 Å². The van der Waals surface area contributed by atoms with E-state index in [2.05, 4.69) is 5.32 Å². The third-order valence-corrected chi connectivity index (χ3v) is 2.58. The normalized spacial score (nSPS) is 18.9. The molecule has 1 N–H and O–H groups in total. The van der Waals surface area contributed by atoms with Gasteiger partial charge in [-0.05, 0) is 18.9 Å². The number of amides is 1. The molecule has 0 saturated carbocycles. The van der Waals surface area contributed by atoms with E-state index in [1.165, 1.54) is 12.1 Å². The van der Waals surface area contributed by atoms with Gasteiger partial charge in [0.25, 0.3) is 11.6 Å². The molecule has 17 heavy (non-hydrogen) atoms. The summed E-state index contributed by atoms with van der Waals surface area (Å²) in [5.41, 5.74) is 0.0943. The van der Waals surface area contributed by atoms with Gasteiger partial charge in [0.05, 0.1) is 4.92 Å². The molecule has 1 aromatic carbocycles. The Balaban J connectivity index is 2.12. The standard InChI is InChI=1S/C11H12N2O4/c14-11(10-6-3-7-17-10)12-8-4-1-2-5-9(8)13(15)16/h1-2,4-5,10H,3,6-7H2,(H,12,14). The van der Waals surface area contributed by atoms with Crippen LogP contribution in [0, 0.1) is 10.1 Å². The lowest BCUT2D eigenvalue weighted by atomic mass is 10.2. The number of carbonyl (C=O) groups excluding carboxylic acids is 1. The molecular formula is C11H12N2O4. The predicted octanol–water partition coefficient (Wildman–Crippen LogP) is 1.71. The van der Waals surface area contributed by atoms with Crippen molar-refractivity contribution in [1.82, 2.24) is 0 Å². The van der Waals surface area contributed by atoms with Gasteiger partial charge in [0, 0.05) is 12.7 Å². The van der Waals surface area contributed by atoms with Gasteiger partial charge in [0.15, 0.2) is 0 Å². The number of nitro groups is 1. The van der Waals surface area contributed by atoms with E-state index in [1.54, 1.807) is 12.1 Å². The minimum Gasteiger partial charge on any atom is -0.368 e. The molecule has 1 heterocycles. The molecule has 6 heteroatoms. The van der Waals surface area contributed by atoms with Crippen LogP contribution in [0.15, 0.2) is 24.3 Å². The van der Waals surface area contributed by atoms with Crippen molar-refractivity contribution in [2.24, 2.45) is 0 Å². The SMILES string of the molecule is O=C(Nc1ccccc1[N+](=O)[O-])C1CCCO1. The van der Waals surface area contributed by atoms with Crippen molar-refractivity contribution >= 4 is 17.3 Å². The highest BCUT2D eigenvalue weighted by Gasteiger charge is 2.25. The van der Waals surface area contributed by atoms with Gasteiger partial charge in [0.2, 0.25) is 0 Å². The fourth-order valence-corrected chi connectivity index (χ4v) is 1.74. The van der Waals surface area contributed by atoms with Crippen LogP contribution in [-0.4, -0.2) is 23.5 Å². The van der Waals surface area contributed by atoms with E-state index >= 15 is 0 Å². The Morgan fingerprint density at radius 2 is 2.24 bits per heavy atom. The Bertz CT molecular complexity index is 441. The fraction of sp³-hybridized carbons (Fsp3) is 0.364. The van der Waals surface area contributed by atoms with Crippen molar-refractivity contribution in [2.45, 2.75) is 18.9 Å². The second-order valence-corrected chi connectivity index (χ2v) is 3.77. The number of ether oxygens (including phenoxy) is 1. The number of hydrogen-bond acceptors (Lipinski definition) is 4. The highest BCUT2D eigenvalue weighted by molar-refractivity contribution is 5.96. The molecule has 2 rings (SSSR count). The molecule has 0 spiro atoms. The molecule has 1 aliphatic rings. The molecule has 6 nitrogen and oxygen atoms in total. The van der Waals surface area contributed by atoms with E-state index in [-0.39, 0.29) is 17.3 Å². The molecule has 1 amide bonds. The van der Waals surface area contributed by atoms with Crippen molar-refractivity contribution in [1.29, 1.82) is 0 Å². The first kappa shape index (κ1) is 11.5. The van der Waals surface area contributed by atoms with Crippen LogP contribution in [0.3, 0.4) is 0 Å². The number of carbonyl (C=O) groups is 1. The molecular weight excluding hydrogens is 224 g/mol. The molecule has 0 aliphatic carbocycles. The maximum Gasteiger partial charge on any atom is 0.292 e. The minimum atomic E-state index is -0.523. The lowest BCUT2D eigenvalue weighted by Crippen LogP contribution is -2.27. The van der Waals surface area contributed by atoms with Crippen molar-refractivity contribution in [3.05, 3.63) is 34.4 Å². The van der Waals surface area contributed by atoms with Gasteiger partial charge in [-0.25, -0.2) is 0 Å². The summed E-state index contributed by atoms with van der Waals surface area (Å²) in [6.07, 6.45) is 1.01. The Labute approximate surface area is 97.7 Å². The van der Waals surface area contributed by atoms with Crippen LogP contribution in [0.2, 0.25) is 0 Å². The number of nitro benzene ring substituents is 1. The monoisotopic (exact) mass is 236 g/mol. The summed E-state index contributed by atoms with van der Waals surface area (Å²) in [7, 11) is 0. The molecule has 1 atom stereocenters. The molecule has 1 fully saturated rings. The summed E-state index contributed by atoms with van der Waals surface area (Å²) in [5, 5.41) is 13.3. The summed E-state index contributed by atoms with van der Waals surface area (Å²) >= 11 is 0. The first-order chi connectivity index (χ1) is 8.18. The number of benzene rings is 1. The van der Waals surface area contributed by atoms with Gasteiger partial charge in [0.1, 0.15) is 11.8 Å². The number of rotatable bonds is 3. The molecule has 1 saturated heterocycles. The molecule has 1 aliphatic heterocycles. The highest BCUT2D eigenvalue weighted by Crippen LogP contribution is 2.24. The van der Waals surface area contributed by atoms with E-state index in [1.807, 2.05) is 0 Å². The zero-order chi connectivity index (χ0) is 12.3. The molecule has 1 aromatic rings. The summed E-state index contributed by atoms with van der Waals surface area (Å²) in [6.45, 7) is 0.564. The lowest BCUT2D eigenvalue weighted by Gasteiger charge is -2.10. The van der Waals surface area contributed by atoms with Crippen molar-refractivity contribution in [3.63, 3.8) is 0 Å². The Morgan fingerprint density at radius 3 is 2.88 bits per heavy atom. The average molecular weight is 236 g/mol. The van der Waals surface area contributed by atoms with Gasteiger partial charge in [-0.2, -0.15) is 0 Å². The maximum atomic E-state index is 11.7. The number of anilines is 1. The molecule has 0 aromatic heterocycles. The largest absolute Gasteiger partial charge is 0.368 e. The summed E-state index contributed by atoms with van der Waals surface area (Å²) < 4.78 is 5.21. The quantitative estimate of drug-likeness (QED) is 0.639. The number of nitrogens with one attached hydrogen (secondary N) is 1. The first-order valence-corrected chi connectivity index (χ1v) is 5.34. The van der Waals surface area contributed by atoms with E-state index in [4.69, 9.17) is 4.74 Å². The first-order valence-electron chi connectivity index (χ1n) is 5.34. The number of para-hydroxylation sites is 2. The van der Waals surface area contributed by atoms with Crippen LogP contribution in [-0.2, 0) is 9.53 Å². The third-order valence-electron chi connectivity index (χ3n) is 2.58. The molecule has 90 valence electrons. The maximum absolute atomic E-state index is 11.7. The average Bonchev–Trinajstić information content (AvgIpc) is 2.83. The van der Waals surface area contributed by atoms with Gasteiger partial charge >= 0.3 is 0 Å². The third kappa shape index (κ3) is 2.59. The van der Waals surface area contributed by atoms with Crippen LogP contribution < -0.4 is 5.32 Å². The summed E-state index contributed by atoms with van der Waals surface area (Å²) in [6, 6.07) is 6.05. The van der Waals surface area contributed by atoms with Crippen LogP contribution in [0.1, 0.15) is 12.8 Å². The van der Waals surface area contributed by atoms with Gasteiger partial charge in [-0.3, -0.25) is 14.9 Å². The van der Waals surface area contributed by atoms with Gasteiger partial charge < -0.3 is 10.1 Å². The van der Waals surface area contributed by atoms with Crippen molar-refractivity contribution in [3.8, 4) is 0 Å². The van der Waals surface area contributed by atoms with E-state index < -0.39 is 11.0 Å². The van der Waals surface area contributed by atoms with E-state index in [9.17, 15) is 14.9 Å². The van der Waals surface area contributed by atoms with Crippen molar-refractivity contribution in [2.75, 3.05) is 11.9 Å². The zero-order valence-electron chi connectivity index (χ0n) is 9.09. The van der Waals surface area contributed by atoms with Crippen molar-refractivity contribution < 1.29 is 14.5 Å². The van der Waals surface area contributed by atoms with E-state index in [0.29, 0.717) is 13.0 Å². The highest BCUT2D eigenvalue weighted by atomic mass is 16.6.